The Hall–Kier alpha value is -3.41. The van der Waals surface area contributed by atoms with Crippen molar-refractivity contribution in [1.29, 1.82) is 0 Å². The third kappa shape index (κ3) is 4.81. The average Bonchev–Trinajstić information content (AvgIpc) is 3.12. The lowest BCUT2D eigenvalue weighted by Gasteiger charge is -2.38. The molecule has 1 atom stereocenters. The molecule has 2 heterocycles. The number of β-amino-alcohol motifs (C(OH)–C–C–N with tert-alkyl or cyclic N) is 1. The number of anilines is 1. The number of pyridine rings is 1. The Morgan fingerprint density at radius 1 is 0.806 bits per heavy atom. The first-order valence-corrected chi connectivity index (χ1v) is 13.0. The second-order valence-electron chi connectivity index (χ2n) is 9.94. The van der Waals surface area contributed by atoms with Gasteiger partial charge in [0.05, 0.1) is 5.52 Å². The SMILES string of the molecule is OC(COc1cccc2ncccc12)CN1CCN(c2cccc3c2CCc2ccccc2C3)CC1. The van der Waals surface area contributed by atoms with Crippen LogP contribution >= 0.6 is 0 Å². The Kier molecular flexibility index (Phi) is 6.58. The molecule has 1 aromatic heterocycles. The number of aryl methyl sites for hydroxylation is 1. The highest BCUT2D eigenvalue weighted by atomic mass is 16.5. The monoisotopic (exact) mass is 479 g/mol. The number of nitrogens with zero attached hydrogens (tertiary/aromatic N) is 3. The van der Waals surface area contributed by atoms with Gasteiger partial charge in [-0.1, -0.05) is 42.5 Å². The summed E-state index contributed by atoms with van der Waals surface area (Å²) in [4.78, 5) is 9.27. The van der Waals surface area contributed by atoms with Crippen LogP contribution in [0.25, 0.3) is 10.9 Å². The Bertz CT molecular complexity index is 1340. The number of hydrogen-bond acceptors (Lipinski definition) is 5. The minimum Gasteiger partial charge on any atom is -0.490 e. The van der Waals surface area contributed by atoms with Gasteiger partial charge in [-0.2, -0.15) is 0 Å². The molecule has 0 bridgehead atoms. The second kappa shape index (κ2) is 10.3. The maximum absolute atomic E-state index is 10.7. The summed E-state index contributed by atoms with van der Waals surface area (Å²) in [6, 6.07) is 25.5. The van der Waals surface area contributed by atoms with Crippen LogP contribution in [0.1, 0.15) is 22.3 Å². The van der Waals surface area contributed by atoms with Crippen LogP contribution < -0.4 is 9.64 Å². The van der Waals surface area contributed by atoms with E-state index in [0.717, 1.165) is 62.1 Å². The van der Waals surface area contributed by atoms with Crippen LogP contribution in [-0.2, 0) is 19.3 Å². The lowest BCUT2D eigenvalue weighted by atomic mass is 9.98. The number of ether oxygens (including phenoxy) is 1. The van der Waals surface area contributed by atoms with E-state index in [4.69, 9.17) is 4.74 Å². The average molecular weight is 480 g/mol. The highest BCUT2D eigenvalue weighted by molar-refractivity contribution is 5.84. The highest BCUT2D eigenvalue weighted by Crippen LogP contribution is 2.32. The molecule has 2 aliphatic rings. The van der Waals surface area contributed by atoms with Crippen molar-refractivity contribution in [3.8, 4) is 5.75 Å². The number of piperazine rings is 1. The van der Waals surface area contributed by atoms with Crippen LogP contribution in [0.5, 0.6) is 5.75 Å². The summed E-state index contributed by atoms with van der Waals surface area (Å²) in [6.45, 7) is 4.75. The lowest BCUT2D eigenvalue weighted by molar-refractivity contribution is 0.0668. The van der Waals surface area contributed by atoms with E-state index in [2.05, 4.69) is 57.2 Å². The zero-order valence-corrected chi connectivity index (χ0v) is 20.6. The van der Waals surface area contributed by atoms with Gasteiger partial charge < -0.3 is 14.7 Å². The van der Waals surface area contributed by atoms with E-state index >= 15 is 0 Å². The highest BCUT2D eigenvalue weighted by Gasteiger charge is 2.23. The van der Waals surface area contributed by atoms with Crippen molar-refractivity contribution in [2.45, 2.75) is 25.4 Å². The van der Waals surface area contributed by atoms with Crippen LogP contribution in [0, 0.1) is 0 Å². The standard InChI is InChI=1S/C31H33N3O2/c35-26(22-36-31-12-4-10-29-28(31)9-5-15-32-29)21-33-16-18-34(19-17-33)30-11-3-8-25-20-24-7-2-1-6-23(24)13-14-27(25)30/h1-12,15,26,35H,13-14,16-22H2. The van der Waals surface area contributed by atoms with Gasteiger partial charge in [0.15, 0.2) is 0 Å². The third-order valence-corrected chi connectivity index (χ3v) is 7.61. The predicted octanol–water partition coefficient (Wildman–Crippen LogP) is 4.49. The van der Waals surface area contributed by atoms with E-state index in [1.807, 2.05) is 30.3 Å². The van der Waals surface area contributed by atoms with E-state index in [0.29, 0.717) is 6.54 Å². The molecule has 184 valence electrons. The molecule has 0 spiro atoms. The van der Waals surface area contributed by atoms with Crippen molar-refractivity contribution in [1.82, 2.24) is 9.88 Å². The molecule has 1 fully saturated rings. The summed E-state index contributed by atoms with van der Waals surface area (Å²) in [7, 11) is 0. The number of fused-ring (bicyclic) bond motifs is 3. The molecule has 3 aromatic carbocycles. The summed E-state index contributed by atoms with van der Waals surface area (Å²) < 4.78 is 5.99. The van der Waals surface area contributed by atoms with Crippen LogP contribution in [0.2, 0.25) is 0 Å². The van der Waals surface area contributed by atoms with Crippen LogP contribution in [0.4, 0.5) is 5.69 Å². The van der Waals surface area contributed by atoms with Gasteiger partial charge in [-0.05, 0) is 71.8 Å². The second-order valence-corrected chi connectivity index (χ2v) is 9.94. The Morgan fingerprint density at radius 3 is 2.50 bits per heavy atom. The number of aliphatic hydroxyl groups excluding tert-OH is 1. The fourth-order valence-corrected chi connectivity index (χ4v) is 5.72. The van der Waals surface area contributed by atoms with Gasteiger partial charge >= 0.3 is 0 Å². The summed E-state index contributed by atoms with van der Waals surface area (Å²) in [5.74, 6) is 0.774. The minimum absolute atomic E-state index is 0.279. The zero-order valence-electron chi connectivity index (χ0n) is 20.6. The van der Waals surface area contributed by atoms with Gasteiger partial charge in [0.2, 0.25) is 0 Å². The molecule has 1 N–H and O–H groups in total. The molecule has 4 aromatic rings. The molecule has 1 unspecified atom stereocenters. The van der Waals surface area contributed by atoms with Gasteiger partial charge in [-0.25, -0.2) is 0 Å². The fourth-order valence-electron chi connectivity index (χ4n) is 5.72. The number of hydrogen-bond donors (Lipinski definition) is 1. The summed E-state index contributed by atoms with van der Waals surface area (Å²) in [6.07, 6.45) is 4.49. The topological polar surface area (TPSA) is 48.8 Å². The van der Waals surface area contributed by atoms with E-state index < -0.39 is 6.10 Å². The first-order valence-electron chi connectivity index (χ1n) is 13.0. The number of aliphatic hydroxyl groups is 1. The smallest absolute Gasteiger partial charge is 0.128 e. The van der Waals surface area contributed by atoms with E-state index in [9.17, 15) is 5.11 Å². The Balaban J connectivity index is 1.05. The Labute approximate surface area is 213 Å². The summed E-state index contributed by atoms with van der Waals surface area (Å²) in [5, 5.41) is 11.7. The summed E-state index contributed by atoms with van der Waals surface area (Å²) >= 11 is 0. The minimum atomic E-state index is -0.532. The van der Waals surface area contributed by atoms with Crippen molar-refractivity contribution < 1.29 is 9.84 Å². The molecule has 36 heavy (non-hydrogen) atoms. The number of benzene rings is 3. The number of aromatic nitrogens is 1. The number of rotatable bonds is 6. The molecule has 1 aliphatic carbocycles. The van der Waals surface area contributed by atoms with Crippen molar-refractivity contribution >= 4 is 16.6 Å². The quantitative estimate of drug-likeness (QED) is 0.442. The molecule has 0 radical (unpaired) electrons. The molecule has 0 saturated carbocycles. The van der Waals surface area contributed by atoms with Gasteiger partial charge in [-0.3, -0.25) is 9.88 Å². The van der Waals surface area contributed by atoms with E-state index in [-0.39, 0.29) is 6.61 Å². The van der Waals surface area contributed by atoms with E-state index in [1.54, 1.807) is 6.20 Å². The summed E-state index contributed by atoms with van der Waals surface area (Å²) in [5.41, 5.74) is 8.24. The fraction of sp³-hybridized carbons (Fsp3) is 0.323. The molecule has 1 aliphatic heterocycles. The van der Waals surface area contributed by atoms with Gasteiger partial charge in [0.1, 0.15) is 18.5 Å². The molecule has 1 saturated heterocycles. The lowest BCUT2D eigenvalue weighted by Crippen LogP contribution is -2.49. The van der Waals surface area contributed by atoms with Gasteiger partial charge in [0.25, 0.3) is 0 Å². The van der Waals surface area contributed by atoms with Gasteiger partial charge in [0, 0.05) is 50.0 Å². The van der Waals surface area contributed by atoms with E-state index in [1.165, 1.54) is 27.9 Å². The first kappa shape index (κ1) is 23.0. The first-order chi connectivity index (χ1) is 17.7. The van der Waals surface area contributed by atoms with Crippen molar-refractivity contribution in [2.24, 2.45) is 0 Å². The maximum atomic E-state index is 10.7. The van der Waals surface area contributed by atoms with Crippen molar-refractivity contribution in [3.05, 3.63) is 101 Å². The van der Waals surface area contributed by atoms with Crippen LogP contribution in [0.15, 0.2) is 79.0 Å². The van der Waals surface area contributed by atoms with Crippen LogP contribution in [0.3, 0.4) is 0 Å². The molecular weight excluding hydrogens is 446 g/mol. The zero-order chi connectivity index (χ0) is 24.3. The predicted molar refractivity (Wildman–Crippen MR) is 145 cm³/mol. The van der Waals surface area contributed by atoms with Crippen LogP contribution in [-0.4, -0.2) is 60.4 Å². The molecule has 5 nitrogen and oxygen atoms in total. The van der Waals surface area contributed by atoms with Crippen molar-refractivity contribution in [3.63, 3.8) is 0 Å². The van der Waals surface area contributed by atoms with Crippen molar-refractivity contribution in [2.75, 3.05) is 44.2 Å². The normalized spacial score (nSPS) is 16.8. The molecular formula is C31H33N3O2. The molecule has 0 amide bonds. The molecule has 5 heteroatoms. The molecule has 6 rings (SSSR count). The van der Waals surface area contributed by atoms with Gasteiger partial charge in [-0.15, -0.1) is 0 Å². The third-order valence-electron chi connectivity index (χ3n) is 7.61. The Morgan fingerprint density at radius 2 is 1.61 bits per heavy atom. The largest absolute Gasteiger partial charge is 0.490 e. The maximum Gasteiger partial charge on any atom is 0.128 e.